The maximum atomic E-state index is 11.9. The van der Waals surface area contributed by atoms with Crippen LogP contribution in [-0.2, 0) is 0 Å². The third-order valence-corrected chi connectivity index (χ3v) is 2.87. The Hall–Kier alpha value is -2.30. The second kappa shape index (κ2) is 6.04. The summed E-state index contributed by atoms with van der Waals surface area (Å²) in [4.78, 5) is 24.0. The Bertz CT molecular complexity index is 539. The Morgan fingerprint density at radius 1 is 1.26 bits per heavy atom. The second-order valence-electron chi connectivity index (χ2n) is 4.34. The van der Waals surface area contributed by atoms with Crippen LogP contribution < -0.4 is 5.32 Å². The second-order valence-corrected chi connectivity index (χ2v) is 4.34. The van der Waals surface area contributed by atoms with E-state index in [-0.39, 0.29) is 11.9 Å². The molecule has 2 aromatic heterocycles. The minimum absolute atomic E-state index is 0.0993. The standard InChI is InChI=1S/C14H16N4O/c1-3-10(2)18-14(19)11-4-5-13(17-8-11)12-6-15-9-16-7-12/h4-10H,3H2,1-2H3,(H,18,19)/t10-/m1/s1. The monoisotopic (exact) mass is 256 g/mol. The molecule has 19 heavy (non-hydrogen) atoms. The fourth-order valence-electron chi connectivity index (χ4n) is 1.54. The minimum Gasteiger partial charge on any atom is -0.350 e. The average Bonchev–Trinajstić information content (AvgIpc) is 2.48. The van der Waals surface area contributed by atoms with E-state index in [1.165, 1.54) is 6.33 Å². The van der Waals surface area contributed by atoms with Crippen molar-refractivity contribution in [2.45, 2.75) is 26.3 Å². The van der Waals surface area contributed by atoms with Gasteiger partial charge in [-0.2, -0.15) is 0 Å². The van der Waals surface area contributed by atoms with Gasteiger partial charge in [-0.05, 0) is 25.5 Å². The Kier molecular flexibility index (Phi) is 4.18. The van der Waals surface area contributed by atoms with E-state index in [0.717, 1.165) is 17.7 Å². The molecule has 0 saturated carbocycles. The van der Waals surface area contributed by atoms with Crippen LogP contribution in [0, 0.1) is 0 Å². The summed E-state index contributed by atoms with van der Waals surface area (Å²) in [6, 6.07) is 3.71. The number of hydrogen-bond acceptors (Lipinski definition) is 4. The molecule has 0 aliphatic carbocycles. The van der Waals surface area contributed by atoms with E-state index in [1.54, 1.807) is 30.7 Å². The highest BCUT2D eigenvalue weighted by Gasteiger charge is 2.09. The summed E-state index contributed by atoms with van der Waals surface area (Å²) in [5.41, 5.74) is 2.14. The molecule has 0 aliphatic rings. The van der Waals surface area contributed by atoms with Crippen molar-refractivity contribution in [1.82, 2.24) is 20.3 Å². The van der Waals surface area contributed by atoms with Gasteiger partial charge < -0.3 is 5.32 Å². The number of rotatable bonds is 4. The van der Waals surface area contributed by atoms with Gasteiger partial charge in [-0.25, -0.2) is 9.97 Å². The van der Waals surface area contributed by atoms with Crippen molar-refractivity contribution in [1.29, 1.82) is 0 Å². The molecule has 1 N–H and O–H groups in total. The first-order valence-electron chi connectivity index (χ1n) is 6.23. The lowest BCUT2D eigenvalue weighted by atomic mass is 10.1. The number of nitrogens with zero attached hydrogens (tertiary/aromatic N) is 3. The minimum atomic E-state index is -0.0993. The van der Waals surface area contributed by atoms with Gasteiger partial charge in [0.15, 0.2) is 0 Å². The van der Waals surface area contributed by atoms with Crippen molar-refractivity contribution < 1.29 is 4.79 Å². The molecule has 2 heterocycles. The molecule has 0 fully saturated rings. The van der Waals surface area contributed by atoms with E-state index < -0.39 is 0 Å². The fourth-order valence-corrected chi connectivity index (χ4v) is 1.54. The third kappa shape index (κ3) is 3.34. The van der Waals surface area contributed by atoms with E-state index >= 15 is 0 Å². The Labute approximate surface area is 112 Å². The van der Waals surface area contributed by atoms with Crippen LogP contribution in [0.4, 0.5) is 0 Å². The fraction of sp³-hybridized carbons (Fsp3) is 0.286. The van der Waals surface area contributed by atoms with Crippen molar-refractivity contribution in [3.05, 3.63) is 42.6 Å². The van der Waals surface area contributed by atoms with Gasteiger partial charge in [-0.3, -0.25) is 9.78 Å². The maximum Gasteiger partial charge on any atom is 0.253 e. The normalized spacial score (nSPS) is 11.9. The predicted molar refractivity (Wildman–Crippen MR) is 72.5 cm³/mol. The molecular weight excluding hydrogens is 240 g/mol. The van der Waals surface area contributed by atoms with E-state index in [4.69, 9.17) is 0 Å². The topological polar surface area (TPSA) is 67.8 Å². The molecule has 5 heteroatoms. The van der Waals surface area contributed by atoms with Gasteiger partial charge in [-0.1, -0.05) is 6.92 Å². The lowest BCUT2D eigenvalue weighted by Crippen LogP contribution is -2.31. The first-order chi connectivity index (χ1) is 9.20. The molecule has 0 unspecified atom stereocenters. The van der Waals surface area contributed by atoms with Gasteiger partial charge >= 0.3 is 0 Å². The number of hydrogen-bond donors (Lipinski definition) is 1. The van der Waals surface area contributed by atoms with Gasteiger partial charge in [0.05, 0.1) is 11.3 Å². The smallest absolute Gasteiger partial charge is 0.253 e. The van der Waals surface area contributed by atoms with Crippen LogP contribution in [0.15, 0.2) is 37.1 Å². The van der Waals surface area contributed by atoms with Gasteiger partial charge in [0.2, 0.25) is 0 Å². The molecule has 0 aliphatic heterocycles. The molecule has 0 aromatic carbocycles. The van der Waals surface area contributed by atoms with Gasteiger partial charge in [0.25, 0.3) is 5.91 Å². The van der Waals surface area contributed by atoms with Crippen LogP contribution in [0.1, 0.15) is 30.6 Å². The molecule has 2 rings (SSSR count). The van der Waals surface area contributed by atoms with E-state index in [1.807, 2.05) is 13.8 Å². The van der Waals surface area contributed by atoms with Crippen molar-refractivity contribution >= 4 is 5.91 Å². The Morgan fingerprint density at radius 2 is 2.00 bits per heavy atom. The van der Waals surface area contributed by atoms with Gasteiger partial charge in [0.1, 0.15) is 6.33 Å². The van der Waals surface area contributed by atoms with Crippen molar-refractivity contribution in [3.8, 4) is 11.3 Å². The summed E-state index contributed by atoms with van der Waals surface area (Å²) in [6.45, 7) is 4.00. The molecule has 98 valence electrons. The van der Waals surface area contributed by atoms with Crippen LogP contribution in [0.2, 0.25) is 0 Å². The maximum absolute atomic E-state index is 11.9. The summed E-state index contributed by atoms with van der Waals surface area (Å²) in [5, 5.41) is 2.90. The first-order valence-corrected chi connectivity index (χ1v) is 6.23. The Balaban J connectivity index is 2.13. The molecule has 0 radical (unpaired) electrons. The largest absolute Gasteiger partial charge is 0.350 e. The van der Waals surface area contributed by atoms with Crippen LogP contribution in [-0.4, -0.2) is 26.9 Å². The van der Waals surface area contributed by atoms with Crippen molar-refractivity contribution in [2.75, 3.05) is 0 Å². The predicted octanol–water partition coefficient (Wildman–Crippen LogP) is 2.07. The lowest BCUT2D eigenvalue weighted by Gasteiger charge is -2.11. The zero-order valence-corrected chi connectivity index (χ0v) is 11.0. The number of amides is 1. The van der Waals surface area contributed by atoms with Gasteiger partial charge in [-0.15, -0.1) is 0 Å². The molecule has 1 amide bonds. The SMILES string of the molecule is CC[C@@H](C)NC(=O)c1ccc(-c2cncnc2)nc1. The van der Waals surface area contributed by atoms with E-state index in [0.29, 0.717) is 5.56 Å². The van der Waals surface area contributed by atoms with E-state index in [9.17, 15) is 4.79 Å². The number of nitrogens with one attached hydrogen (secondary N) is 1. The van der Waals surface area contributed by atoms with Gasteiger partial charge in [0, 0.05) is 30.2 Å². The molecule has 5 nitrogen and oxygen atoms in total. The van der Waals surface area contributed by atoms with E-state index in [2.05, 4.69) is 20.3 Å². The summed E-state index contributed by atoms with van der Waals surface area (Å²) in [5.74, 6) is -0.0993. The number of aromatic nitrogens is 3. The highest BCUT2D eigenvalue weighted by Crippen LogP contribution is 2.14. The summed E-state index contributed by atoms with van der Waals surface area (Å²) in [7, 11) is 0. The number of pyridine rings is 1. The highest BCUT2D eigenvalue weighted by molar-refractivity contribution is 5.94. The molecule has 2 aromatic rings. The highest BCUT2D eigenvalue weighted by atomic mass is 16.1. The quantitative estimate of drug-likeness (QED) is 0.909. The molecule has 0 spiro atoms. The molecular formula is C14H16N4O. The summed E-state index contributed by atoms with van der Waals surface area (Å²) in [6.07, 6.45) is 7.32. The Morgan fingerprint density at radius 3 is 2.58 bits per heavy atom. The van der Waals surface area contributed by atoms with Crippen molar-refractivity contribution in [3.63, 3.8) is 0 Å². The van der Waals surface area contributed by atoms with Crippen LogP contribution in [0.3, 0.4) is 0 Å². The molecule has 1 atom stereocenters. The molecule has 0 bridgehead atoms. The zero-order chi connectivity index (χ0) is 13.7. The number of carbonyl (C=O) groups is 1. The van der Waals surface area contributed by atoms with Crippen LogP contribution in [0.25, 0.3) is 11.3 Å². The summed E-state index contributed by atoms with van der Waals surface area (Å²) < 4.78 is 0. The van der Waals surface area contributed by atoms with Crippen molar-refractivity contribution in [2.24, 2.45) is 0 Å². The first kappa shape index (κ1) is 13.1. The molecule has 0 saturated heterocycles. The van der Waals surface area contributed by atoms with Crippen LogP contribution >= 0.6 is 0 Å². The summed E-state index contributed by atoms with van der Waals surface area (Å²) >= 11 is 0. The van der Waals surface area contributed by atoms with Crippen LogP contribution in [0.5, 0.6) is 0 Å². The lowest BCUT2D eigenvalue weighted by molar-refractivity contribution is 0.0939. The number of carbonyl (C=O) groups excluding carboxylic acids is 1. The zero-order valence-electron chi connectivity index (χ0n) is 11.0. The average molecular weight is 256 g/mol. The third-order valence-electron chi connectivity index (χ3n) is 2.87.